The Morgan fingerprint density at radius 2 is 1.41 bits per heavy atom. The standard InChI is InChI=1S/C19H14F3N3O2/c20-19(21,22)18(27)24-15-8-6-14(7-9-15)23-17(26)13-4-3-5-16(12-13)25-10-1-2-11-25/h1-12H,(H,23,26)(H,24,27). The first-order chi connectivity index (χ1) is 12.8. The molecule has 3 aromatic rings. The summed E-state index contributed by atoms with van der Waals surface area (Å²) in [6, 6.07) is 16.1. The fraction of sp³-hybridized carbons (Fsp3) is 0.0526. The van der Waals surface area contributed by atoms with E-state index < -0.39 is 12.1 Å². The van der Waals surface area contributed by atoms with Crippen molar-refractivity contribution in [3.8, 4) is 5.69 Å². The predicted molar refractivity (Wildman–Crippen MR) is 94.8 cm³/mol. The van der Waals surface area contributed by atoms with Gasteiger partial charge in [-0.1, -0.05) is 6.07 Å². The molecule has 2 N–H and O–H groups in total. The molecule has 2 aromatic carbocycles. The highest BCUT2D eigenvalue weighted by molar-refractivity contribution is 6.04. The second-order valence-corrected chi connectivity index (χ2v) is 5.62. The summed E-state index contributed by atoms with van der Waals surface area (Å²) in [5.74, 6) is -2.42. The maximum Gasteiger partial charge on any atom is 0.471 e. The Morgan fingerprint density at radius 3 is 2.00 bits per heavy atom. The van der Waals surface area contributed by atoms with Crippen LogP contribution in [-0.4, -0.2) is 22.6 Å². The largest absolute Gasteiger partial charge is 0.471 e. The predicted octanol–water partition coefficient (Wildman–Crippen LogP) is 4.23. The van der Waals surface area contributed by atoms with E-state index in [-0.39, 0.29) is 11.6 Å². The fourth-order valence-corrected chi connectivity index (χ4v) is 2.36. The number of alkyl halides is 3. The molecule has 0 unspecified atom stereocenters. The summed E-state index contributed by atoms with van der Waals surface area (Å²) in [5.41, 5.74) is 1.61. The summed E-state index contributed by atoms with van der Waals surface area (Å²) in [6.07, 6.45) is -1.26. The molecule has 27 heavy (non-hydrogen) atoms. The lowest BCUT2D eigenvalue weighted by atomic mass is 10.1. The number of carbonyl (C=O) groups excluding carboxylic acids is 2. The van der Waals surface area contributed by atoms with Crippen LogP contribution in [0, 0.1) is 0 Å². The van der Waals surface area contributed by atoms with Gasteiger partial charge in [-0.05, 0) is 54.6 Å². The molecule has 0 saturated carbocycles. The molecule has 5 nitrogen and oxygen atoms in total. The van der Waals surface area contributed by atoms with Crippen LogP contribution in [0.3, 0.4) is 0 Å². The van der Waals surface area contributed by atoms with E-state index in [1.54, 1.807) is 23.5 Å². The molecule has 1 heterocycles. The Bertz CT molecular complexity index is 949. The van der Waals surface area contributed by atoms with Crippen molar-refractivity contribution < 1.29 is 22.8 Å². The molecule has 0 aliphatic carbocycles. The number of hydrogen-bond acceptors (Lipinski definition) is 2. The maximum absolute atomic E-state index is 12.4. The van der Waals surface area contributed by atoms with E-state index in [1.165, 1.54) is 24.3 Å². The van der Waals surface area contributed by atoms with Gasteiger partial charge in [0, 0.05) is 35.0 Å². The molecule has 0 saturated heterocycles. The molecule has 0 aliphatic heterocycles. The van der Waals surface area contributed by atoms with Gasteiger partial charge in [-0.3, -0.25) is 9.59 Å². The van der Waals surface area contributed by atoms with Crippen LogP contribution in [0.15, 0.2) is 73.1 Å². The molecule has 0 spiro atoms. The third kappa shape index (κ3) is 4.55. The van der Waals surface area contributed by atoms with E-state index in [1.807, 2.05) is 35.2 Å². The van der Waals surface area contributed by atoms with E-state index in [9.17, 15) is 22.8 Å². The first kappa shape index (κ1) is 18.2. The number of anilines is 2. The summed E-state index contributed by atoms with van der Waals surface area (Å²) < 4.78 is 38.6. The summed E-state index contributed by atoms with van der Waals surface area (Å²) in [5, 5.41) is 4.40. The van der Waals surface area contributed by atoms with Gasteiger partial charge in [0.15, 0.2) is 0 Å². The number of carbonyl (C=O) groups is 2. The number of benzene rings is 2. The molecule has 8 heteroatoms. The monoisotopic (exact) mass is 373 g/mol. The Hall–Kier alpha value is -3.55. The molecule has 0 atom stereocenters. The van der Waals surface area contributed by atoms with Crippen LogP contribution in [0.2, 0.25) is 0 Å². The fourth-order valence-electron chi connectivity index (χ4n) is 2.36. The van der Waals surface area contributed by atoms with Crippen molar-refractivity contribution in [1.82, 2.24) is 4.57 Å². The summed E-state index contributed by atoms with van der Waals surface area (Å²) in [6.45, 7) is 0. The van der Waals surface area contributed by atoms with Crippen molar-refractivity contribution >= 4 is 23.2 Å². The van der Waals surface area contributed by atoms with Gasteiger partial charge in [0.1, 0.15) is 0 Å². The molecular formula is C19H14F3N3O2. The number of nitrogens with one attached hydrogen (secondary N) is 2. The van der Waals surface area contributed by atoms with Crippen LogP contribution >= 0.6 is 0 Å². The lowest BCUT2D eigenvalue weighted by Gasteiger charge is -2.10. The lowest BCUT2D eigenvalue weighted by molar-refractivity contribution is -0.167. The summed E-state index contributed by atoms with van der Waals surface area (Å²) in [4.78, 5) is 23.3. The van der Waals surface area contributed by atoms with Crippen LogP contribution < -0.4 is 10.6 Å². The highest BCUT2D eigenvalue weighted by Gasteiger charge is 2.38. The SMILES string of the molecule is O=C(Nc1ccc(NC(=O)C(F)(F)F)cc1)c1cccc(-n2cccc2)c1. The highest BCUT2D eigenvalue weighted by Crippen LogP contribution is 2.20. The van der Waals surface area contributed by atoms with E-state index >= 15 is 0 Å². The van der Waals surface area contributed by atoms with E-state index in [2.05, 4.69) is 5.32 Å². The number of rotatable bonds is 4. The van der Waals surface area contributed by atoms with E-state index in [0.717, 1.165) is 5.69 Å². The van der Waals surface area contributed by atoms with Crippen molar-refractivity contribution in [2.45, 2.75) is 6.18 Å². The Balaban J connectivity index is 1.68. The van der Waals surface area contributed by atoms with Gasteiger partial charge >= 0.3 is 12.1 Å². The Labute approximate surface area is 152 Å². The highest BCUT2D eigenvalue weighted by atomic mass is 19.4. The van der Waals surface area contributed by atoms with E-state index in [4.69, 9.17) is 0 Å². The molecule has 138 valence electrons. The maximum atomic E-state index is 12.4. The Kier molecular flexibility index (Phi) is 4.98. The quantitative estimate of drug-likeness (QED) is 0.719. The first-order valence-electron chi connectivity index (χ1n) is 7.86. The van der Waals surface area contributed by atoms with Crippen LogP contribution in [0.5, 0.6) is 0 Å². The van der Waals surface area contributed by atoms with Crippen molar-refractivity contribution in [3.63, 3.8) is 0 Å². The number of aromatic nitrogens is 1. The molecule has 0 radical (unpaired) electrons. The molecule has 3 rings (SSSR count). The van der Waals surface area contributed by atoms with Gasteiger partial charge in [-0.25, -0.2) is 0 Å². The molecule has 0 fully saturated rings. The average Bonchev–Trinajstić information content (AvgIpc) is 3.17. The smallest absolute Gasteiger partial charge is 0.324 e. The van der Waals surface area contributed by atoms with Crippen LogP contribution in [0.25, 0.3) is 5.69 Å². The van der Waals surface area contributed by atoms with Gasteiger partial charge in [0.25, 0.3) is 5.91 Å². The van der Waals surface area contributed by atoms with Crippen molar-refractivity contribution in [2.75, 3.05) is 10.6 Å². The number of halogens is 3. The molecule has 0 bridgehead atoms. The van der Waals surface area contributed by atoms with Crippen molar-refractivity contribution in [1.29, 1.82) is 0 Å². The van der Waals surface area contributed by atoms with Crippen molar-refractivity contribution in [3.05, 3.63) is 78.6 Å². The third-order valence-corrected chi connectivity index (χ3v) is 3.67. The molecule has 0 aliphatic rings. The normalized spacial score (nSPS) is 11.1. The minimum Gasteiger partial charge on any atom is -0.324 e. The molecular weight excluding hydrogens is 359 g/mol. The topological polar surface area (TPSA) is 63.1 Å². The first-order valence-corrected chi connectivity index (χ1v) is 7.86. The number of hydrogen-bond donors (Lipinski definition) is 2. The zero-order valence-corrected chi connectivity index (χ0v) is 13.8. The minimum absolute atomic E-state index is 0.0232. The zero-order valence-electron chi connectivity index (χ0n) is 13.8. The van der Waals surface area contributed by atoms with E-state index in [0.29, 0.717) is 11.3 Å². The van der Waals surface area contributed by atoms with Crippen molar-refractivity contribution in [2.24, 2.45) is 0 Å². The lowest BCUT2D eigenvalue weighted by Crippen LogP contribution is -2.29. The van der Waals surface area contributed by atoms with Crippen LogP contribution in [0.1, 0.15) is 10.4 Å². The van der Waals surface area contributed by atoms with Gasteiger partial charge in [-0.15, -0.1) is 0 Å². The average molecular weight is 373 g/mol. The van der Waals surface area contributed by atoms with Gasteiger partial charge < -0.3 is 15.2 Å². The number of amides is 2. The number of nitrogens with zero attached hydrogens (tertiary/aromatic N) is 1. The zero-order chi connectivity index (χ0) is 19.4. The van der Waals surface area contributed by atoms with Crippen LogP contribution in [-0.2, 0) is 4.79 Å². The van der Waals surface area contributed by atoms with Gasteiger partial charge in [0.2, 0.25) is 0 Å². The second-order valence-electron chi connectivity index (χ2n) is 5.62. The van der Waals surface area contributed by atoms with Gasteiger partial charge in [-0.2, -0.15) is 13.2 Å². The Morgan fingerprint density at radius 1 is 0.815 bits per heavy atom. The van der Waals surface area contributed by atoms with Gasteiger partial charge in [0.05, 0.1) is 0 Å². The molecule has 1 aromatic heterocycles. The summed E-state index contributed by atoms with van der Waals surface area (Å²) >= 11 is 0. The third-order valence-electron chi connectivity index (χ3n) is 3.67. The summed E-state index contributed by atoms with van der Waals surface area (Å²) in [7, 11) is 0. The minimum atomic E-state index is -4.96. The van der Waals surface area contributed by atoms with Crippen LogP contribution in [0.4, 0.5) is 24.5 Å². The molecule has 2 amide bonds. The second kappa shape index (κ2) is 7.36.